The van der Waals surface area contributed by atoms with Gasteiger partial charge in [0.25, 0.3) is 0 Å². The van der Waals surface area contributed by atoms with E-state index < -0.39 is 0 Å². The zero-order valence-corrected chi connectivity index (χ0v) is 12.3. The number of rotatable bonds is 2. The summed E-state index contributed by atoms with van der Waals surface area (Å²) in [6.07, 6.45) is 2.33. The van der Waals surface area contributed by atoms with Gasteiger partial charge >= 0.3 is 18.6 Å². The Hall–Kier alpha value is -0.746. The molecule has 7 heteroatoms. The van der Waals surface area contributed by atoms with Crippen molar-refractivity contribution in [3.63, 3.8) is 0 Å². The van der Waals surface area contributed by atoms with E-state index in [-0.39, 0.29) is 59.5 Å². The molecule has 0 rings (SSSR count). The van der Waals surface area contributed by atoms with E-state index in [1.165, 1.54) is 39.8 Å². The number of aliphatic hydroxyl groups excluding tert-OH is 2. The minimum Gasteiger partial charge on any atom is -1.00 e. The van der Waals surface area contributed by atoms with Crippen molar-refractivity contribution in [2.24, 2.45) is 0 Å². The first-order valence-electron chi connectivity index (χ1n) is 4.01. The van der Waals surface area contributed by atoms with Crippen LogP contribution in [0.5, 0.6) is 0 Å². The molecule has 0 aliphatic rings. The first kappa shape index (κ1) is 29.9. The third-order valence-electron chi connectivity index (χ3n) is 0.824. The fourth-order valence-corrected chi connectivity index (χ4v) is 0.588. The number of allylic oxidation sites excluding steroid dienone is 4. The molecule has 0 amide bonds. The Kier molecular flexibility index (Phi) is 31.0. The molecule has 17 heavy (non-hydrogen) atoms. The van der Waals surface area contributed by atoms with Gasteiger partial charge in [-0.2, -0.15) is 0 Å². The van der Waals surface area contributed by atoms with Crippen molar-refractivity contribution in [3.05, 3.63) is 23.7 Å². The van der Waals surface area contributed by atoms with E-state index in [9.17, 15) is 9.59 Å². The summed E-state index contributed by atoms with van der Waals surface area (Å²) in [5, 5.41) is 16.7. The van der Waals surface area contributed by atoms with E-state index in [1.807, 2.05) is 0 Å². The molecule has 0 aromatic heterocycles. The molecule has 0 fully saturated rings. The maximum Gasteiger partial charge on any atom is 2.00 e. The monoisotopic (exact) mass is 303 g/mol. The fraction of sp³-hybridized carbons (Fsp3) is 0.400. The molecule has 0 saturated heterocycles. The van der Waals surface area contributed by atoms with Crippen molar-refractivity contribution in [2.75, 3.05) is 0 Å². The molecule has 0 aliphatic carbocycles. The quantitative estimate of drug-likeness (QED) is 0.498. The van der Waals surface area contributed by atoms with E-state index in [4.69, 9.17) is 10.2 Å². The summed E-state index contributed by atoms with van der Waals surface area (Å²) in [7, 11) is 0. The second-order valence-corrected chi connectivity index (χ2v) is 2.79. The summed E-state index contributed by atoms with van der Waals surface area (Å²) in [6, 6.07) is 0. The van der Waals surface area contributed by atoms with E-state index in [0.29, 0.717) is 0 Å². The van der Waals surface area contributed by atoms with Crippen molar-refractivity contribution in [1.82, 2.24) is 0 Å². The smallest absolute Gasteiger partial charge is 1.00 e. The molecule has 0 saturated carbocycles. The number of carbonyl (C=O) groups is 2. The molecule has 0 spiro atoms. The van der Waals surface area contributed by atoms with Crippen LogP contribution in [0.4, 0.5) is 0 Å². The summed E-state index contributed by atoms with van der Waals surface area (Å²) < 4.78 is 0. The second-order valence-electron chi connectivity index (χ2n) is 2.79. The van der Waals surface area contributed by atoms with Gasteiger partial charge in [-0.1, -0.05) is 0 Å². The third-order valence-corrected chi connectivity index (χ3v) is 0.824. The van der Waals surface area contributed by atoms with Gasteiger partial charge in [0.2, 0.25) is 0 Å². The zero-order valence-electron chi connectivity index (χ0n) is 10.1. The Labute approximate surface area is 119 Å². The van der Waals surface area contributed by atoms with Crippen molar-refractivity contribution in [1.29, 1.82) is 0 Å². The Balaban J connectivity index is -0.0000000480. The van der Waals surface area contributed by atoms with Crippen LogP contribution in [0.15, 0.2) is 23.7 Å². The van der Waals surface area contributed by atoms with Crippen LogP contribution in [0, 0.1) is 0 Å². The van der Waals surface area contributed by atoms with Gasteiger partial charge in [0.1, 0.15) is 0 Å². The number of hydrogen-bond acceptors (Lipinski definition) is 5. The average molecular weight is 304 g/mol. The molecule has 0 aliphatic heterocycles. The van der Waals surface area contributed by atoms with Crippen molar-refractivity contribution in [3.8, 4) is 0 Å². The van der Waals surface area contributed by atoms with Crippen LogP contribution in [0.25, 0.3) is 0 Å². The Morgan fingerprint density at radius 2 is 1.00 bits per heavy atom. The maximum atomic E-state index is 10.0. The Morgan fingerprint density at radius 1 is 0.824 bits per heavy atom. The van der Waals surface area contributed by atoms with Gasteiger partial charge < -0.3 is 28.1 Å². The van der Waals surface area contributed by atoms with Gasteiger partial charge in [0.05, 0.1) is 11.5 Å². The van der Waals surface area contributed by atoms with Crippen molar-refractivity contribution < 1.29 is 56.2 Å². The molecular formula is C10H17ClO5V. The molecule has 0 aromatic carbocycles. The largest absolute Gasteiger partial charge is 2.00 e. The predicted octanol–water partition coefficient (Wildman–Crippen LogP) is -1.10. The fourth-order valence-electron chi connectivity index (χ4n) is 0.588. The zero-order chi connectivity index (χ0) is 11.7. The number of hydrogen-bond donors (Lipinski definition) is 2. The number of aliphatic hydroxyl groups is 2. The van der Waals surface area contributed by atoms with Gasteiger partial charge in [-0.05, 0) is 27.7 Å². The predicted molar refractivity (Wildman–Crippen MR) is 56.1 cm³/mol. The van der Waals surface area contributed by atoms with Crippen LogP contribution in [0.1, 0.15) is 27.7 Å². The first-order chi connectivity index (χ1) is 6.25. The molecule has 0 atom stereocenters. The summed E-state index contributed by atoms with van der Waals surface area (Å²) in [6.45, 7) is 5.70. The van der Waals surface area contributed by atoms with Crippen LogP contribution >= 0.6 is 0 Å². The van der Waals surface area contributed by atoms with Crippen LogP contribution in [0.2, 0.25) is 0 Å². The van der Waals surface area contributed by atoms with Gasteiger partial charge in [-0.15, -0.1) is 0 Å². The summed E-state index contributed by atoms with van der Waals surface area (Å²) in [5.41, 5.74) is 0. The van der Waals surface area contributed by atoms with Crippen LogP contribution in [0.3, 0.4) is 0 Å². The minimum absolute atomic E-state index is 0. The maximum absolute atomic E-state index is 10.0. The molecule has 0 unspecified atom stereocenters. The Morgan fingerprint density at radius 3 is 1.00 bits per heavy atom. The molecule has 5 nitrogen and oxygen atoms in total. The van der Waals surface area contributed by atoms with Crippen LogP contribution < -0.4 is 12.4 Å². The second kappa shape index (κ2) is 17.6. The molecule has 3 N–H and O–H groups in total. The summed E-state index contributed by atoms with van der Waals surface area (Å²) in [4.78, 5) is 20.0. The van der Waals surface area contributed by atoms with E-state index in [0.717, 1.165) is 0 Å². The molecule has 99 valence electrons. The molecule has 1 radical (unpaired) electrons. The molecule has 0 bridgehead atoms. The SMILES string of the molecule is CC(=O)/C=C(/C)O.CC(=O)/C=C(/C)O.[Cl-].[OH-].[V+2]. The minimum atomic E-state index is -0.125. The summed E-state index contributed by atoms with van der Waals surface area (Å²) in [5.74, 6) is -0.125. The van der Waals surface area contributed by atoms with Gasteiger partial charge in [-0.25, -0.2) is 0 Å². The Bertz CT molecular complexity index is 238. The standard InChI is InChI=1S/2C5H8O2.ClH.H2O.V/c2*1-4(6)3-5(2)7;;;/h2*3,6H,1-2H3;1H;1H2;/q;;;;+2/p-2/b2*4-3-;;;. The molecular weight excluding hydrogens is 287 g/mol. The molecule has 0 heterocycles. The number of carbonyl (C=O) groups excluding carboxylic acids is 2. The molecule has 0 aromatic rings. The first-order valence-corrected chi connectivity index (χ1v) is 4.01. The number of halogens is 1. The van der Waals surface area contributed by atoms with Crippen LogP contribution in [-0.4, -0.2) is 27.3 Å². The van der Waals surface area contributed by atoms with Gasteiger partial charge in [0.15, 0.2) is 11.6 Å². The van der Waals surface area contributed by atoms with E-state index >= 15 is 0 Å². The normalized spacial score (nSPS) is 9.41. The van der Waals surface area contributed by atoms with Crippen molar-refractivity contribution in [2.45, 2.75) is 27.7 Å². The van der Waals surface area contributed by atoms with E-state index in [1.54, 1.807) is 0 Å². The van der Waals surface area contributed by atoms with Crippen LogP contribution in [-0.2, 0) is 28.1 Å². The number of ketones is 2. The summed E-state index contributed by atoms with van der Waals surface area (Å²) >= 11 is 0. The van der Waals surface area contributed by atoms with E-state index in [2.05, 4.69) is 0 Å². The third kappa shape index (κ3) is 50.9. The topological polar surface area (TPSA) is 105 Å². The van der Waals surface area contributed by atoms with Crippen molar-refractivity contribution >= 4 is 11.6 Å². The average Bonchev–Trinajstić information content (AvgIpc) is 1.79. The van der Waals surface area contributed by atoms with Gasteiger partial charge in [-0.3, -0.25) is 9.59 Å². The van der Waals surface area contributed by atoms with Gasteiger partial charge in [0, 0.05) is 12.2 Å².